The topological polar surface area (TPSA) is 56.0 Å². The number of halogens is 1. The molecule has 2 N–H and O–H groups in total. The number of nitrogens with zero attached hydrogens (tertiary/aromatic N) is 1. The van der Waals surface area contributed by atoms with Crippen molar-refractivity contribution in [2.75, 3.05) is 5.73 Å². The molecular formula is C6H5BrN2O. The molecule has 0 fully saturated rings. The second-order valence-corrected chi connectivity index (χ2v) is 2.60. The Bertz CT molecular complexity index is 262. The van der Waals surface area contributed by atoms with Gasteiger partial charge in [-0.1, -0.05) is 0 Å². The largest absolute Gasteiger partial charge is 0.398 e. The van der Waals surface area contributed by atoms with Gasteiger partial charge in [-0.15, -0.1) is 0 Å². The first-order chi connectivity index (χ1) is 4.74. The van der Waals surface area contributed by atoms with Gasteiger partial charge in [0.2, 0.25) is 0 Å². The lowest BCUT2D eigenvalue weighted by Crippen LogP contribution is -1.91. The number of carbonyl (C=O) groups is 1. The fraction of sp³-hybridized carbons (Fsp3) is 0. The summed E-state index contributed by atoms with van der Waals surface area (Å²) in [6.45, 7) is 0. The van der Waals surface area contributed by atoms with E-state index in [0.29, 0.717) is 22.1 Å². The summed E-state index contributed by atoms with van der Waals surface area (Å²) in [7, 11) is 0. The van der Waals surface area contributed by atoms with Gasteiger partial charge < -0.3 is 5.73 Å². The number of pyridine rings is 1. The minimum absolute atomic E-state index is 0.348. The van der Waals surface area contributed by atoms with E-state index in [2.05, 4.69) is 20.9 Å². The Hall–Kier alpha value is -0.900. The van der Waals surface area contributed by atoms with Crippen molar-refractivity contribution in [3.05, 3.63) is 22.4 Å². The van der Waals surface area contributed by atoms with Crippen LogP contribution in [0.2, 0.25) is 0 Å². The van der Waals surface area contributed by atoms with Gasteiger partial charge in [-0.25, -0.2) is 0 Å². The van der Waals surface area contributed by atoms with Gasteiger partial charge in [0.15, 0.2) is 6.29 Å². The van der Waals surface area contributed by atoms with Gasteiger partial charge in [0, 0.05) is 11.9 Å². The molecule has 0 aliphatic rings. The average Bonchev–Trinajstić information content (AvgIpc) is 1.95. The van der Waals surface area contributed by atoms with Crippen LogP contribution in [0.4, 0.5) is 5.69 Å². The first kappa shape index (κ1) is 7.21. The van der Waals surface area contributed by atoms with Crippen LogP contribution in [-0.2, 0) is 0 Å². The van der Waals surface area contributed by atoms with E-state index in [0.717, 1.165) is 0 Å². The van der Waals surface area contributed by atoms with Crippen LogP contribution in [-0.4, -0.2) is 11.3 Å². The molecule has 0 spiro atoms. The quantitative estimate of drug-likeness (QED) is 0.695. The standard InChI is InChI=1S/C6H5BrN2O/c7-5-2-9-4(3-10)1-6(5)8/h1-3H,(H2,8,9). The third-order valence-electron chi connectivity index (χ3n) is 1.03. The number of carbonyl (C=O) groups excluding carboxylic acids is 1. The van der Waals surface area contributed by atoms with E-state index in [4.69, 9.17) is 5.73 Å². The van der Waals surface area contributed by atoms with Gasteiger partial charge in [0.25, 0.3) is 0 Å². The number of aldehydes is 1. The van der Waals surface area contributed by atoms with Crippen LogP contribution >= 0.6 is 15.9 Å². The lowest BCUT2D eigenvalue weighted by molar-refractivity contribution is 0.111. The van der Waals surface area contributed by atoms with Gasteiger partial charge in [-0.3, -0.25) is 9.78 Å². The van der Waals surface area contributed by atoms with Crippen LogP contribution in [0.5, 0.6) is 0 Å². The molecule has 10 heavy (non-hydrogen) atoms. The number of rotatable bonds is 1. The zero-order valence-electron chi connectivity index (χ0n) is 5.04. The van der Waals surface area contributed by atoms with Crippen LogP contribution in [0.1, 0.15) is 10.5 Å². The number of hydrogen-bond donors (Lipinski definition) is 1. The van der Waals surface area contributed by atoms with E-state index >= 15 is 0 Å². The number of nitrogen functional groups attached to an aromatic ring is 1. The molecule has 0 aliphatic carbocycles. The summed E-state index contributed by atoms with van der Waals surface area (Å²) in [5.41, 5.74) is 6.32. The Labute approximate surface area is 66.4 Å². The number of nitrogens with two attached hydrogens (primary N) is 1. The van der Waals surface area contributed by atoms with E-state index in [-0.39, 0.29) is 0 Å². The molecule has 0 saturated heterocycles. The van der Waals surface area contributed by atoms with Crippen molar-refractivity contribution in [3.8, 4) is 0 Å². The van der Waals surface area contributed by atoms with Crippen LogP contribution in [0, 0.1) is 0 Å². The highest BCUT2D eigenvalue weighted by Gasteiger charge is 1.96. The minimum atomic E-state index is 0.348. The molecule has 1 aromatic heterocycles. The summed E-state index contributed by atoms with van der Waals surface area (Å²) < 4.78 is 0.707. The third-order valence-corrected chi connectivity index (χ3v) is 1.69. The molecule has 0 unspecified atom stereocenters. The molecule has 52 valence electrons. The predicted octanol–water partition coefficient (Wildman–Crippen LogP) is 1.24. The molecule has 0 aromatic carbocycles. The summed E-state index contributed by atoms with van der Waals surface area (Å²) in [5, 5.41) is 0. The Morgan fingerprint density at radius 3 is 2.90 bits per heavy atom. The predicted molar refractivity (Wildman–Crippen MR) is 41.7 cm³/mol. The normalized spacial score (nSPS) is 9.30. The van der Waals surface area contributed by atoms with Gasteiger partial charge >= 0.3 is 0 Å². The Balaban J connectivity index is 3.16. The van der Waals surface area contributed by atoms with E-state index in [1.807, 2.05) is 0 Å². The molecule has 0 saturated carbocycles. The van der Waals surface area contributed by atoms with Crippen LogP contribution < -0.4 is 5.73 Å². The molecule has 1 heterocycles. The summed E-state index contributed by atoms with van der Waals surface area (Å²) in [6.07, 6.45) is 2.15. The van der Waals surface area contributed by atoms with Gasteiger partial charge in [0.1, 0.15) is 5.69 Å². The molecule has 0 atom stereocenters. The summed E-state index contributed by atoms with van der Waals surface area (Å²) in [6, 6.07) is 1.51. The van der Waals surface area contributed by atoms with Crippen LogP contribution in [0.15, 0.2) is 16.7 Å². The number of anilines is 1. The molecule has 1 aromatic rings. The van der Waals surface area contributed by atoms with Gasteiger partial charge in [0.05, 0.1) is 4.47 Å². The molecule has 3 nitrogen and oxygen atoms in total. The van der Waals surface area contributed by atoms with E-state index < -0.39 is 0 Å². The van der Waals surface area contributed by atoms with Crippen molar-refractivity contribution >= 4 is 27.9 Å². The number of hydrogen-bond acceptors (Lipinski definition) is 3. The molecule has 0 aliphatic heterocycles. The van der Waals surface area contributed by atoms with Crippen molar-refractivity contribution in [2.45, 2.75) is 0 Å². The third kappa shape index (κ3) is 1.33. The van der Waals surface area contributed by atoms with Gasteiger partial charge in [-0.2, -0.15) is 0 Å². The molecule has 0 bridgehead atoms. The second kappa shape index (κ2) is 2.79. The fourth-order valence-corrected chi connectivity index (χ4v) is 0.753. The van der Waals surface area contributed by atoms with Crippen molar-refractivity contribution < 1.29 is 4.79 Å². The lowest BCUT2D eigenvalue weighted by Gasteiger charge is -1.95. The SMILES string of the molecule is Nc1cc(C=O)ncc1Br. The summed E-state index contributed by atoms with van der Waals surface area (Å²) >= 11 is 3.16. The average molecular weight is 201 g/mol. The molecular weight excluding hydrogens is 196 g/mol. The van der Waals surface area contributed by atoms with Crippen LogP contribution in [0.3, 0.4) is 0 Å². The van der Waals surface area contributed by atoms with Gasteiger partial charge in [-0.05, 0) is 22.0 Å². The molecule has 0 radical (unpaired) electrons. The Morgan fingerprint density at radius 2 is 2.40 bits per heavy atom. The molecule has 1 rings (SSSR count). The maximum Gasteiger partial charge on any atom is 0.168 e. The summed E-state index contributed by atoms with van der Waals surface area (Å²) in [5.74, 6) is 0. The monoisotopic (exact) mass is 200 g/mol. The minimum Gasteiger partial charge on any atom is -0.398 e. The van der Waals surface area contributed by atoms with Crippen molar-refractivity contribution in [3.63, 3.8) is 0 Å². The highest BCUT2D eigenvalue weighted by Crippen LogP contribution is 2.16. The van der Waals surface area contributed by atoms with E-state index in [1.165, 1.54) is 12.3 Å². The highest BCUT2D eigenvalue weighted by atomic mass is 79.9. The van der Waals surface area contributed by atoms with E-state index in [9.17, 15) is 4.79 Å². The smallest absolute Gasteiger partial charge is 0.168 e. The van der Waals surface area contributed by atoms with Crippen LogP contribution in [0.25, 0.3) is 0 Å². The highest BCUT2D eigenvalue weighted by molar-refractivity contribution is 9.10. The first-order valence-corrected chi connectivity index (χ1v) is 3.39. The Morgan fingerprint density at radius 1 is 1.70 bits per heavy atom. The zero-order valence-corrected chi connectivity index (χ0v) is 6.63. The summed E-state index contributed by atoms with van der Waals surface area (Å²) in [4.78, 5) is 13.9. The molecule has 0 amide bonds. The lowest BCUT2D eigenvalue weighted by atomic mass is 10.3. The first-order valence-electron chi connectivity index (χ1n) is 2.60. The number of aromatic nitrogens is 1. The zero-order chi connectivity index (χ0) is 7.56. The molecule has 4 heteroatoms. The van der Waals surface area contributed by atoms with Crippen molar-refractivity contribution in [1.82, 2.24) is 4.98 Å². The second-order valence-electron chi connectivity index (χ2n) is 1.75. The fourth-order valence-electron chi connectivity index (χ4n) is 0.536. The maximum atomic E-state index is 10.1. The van der Waals surface area contributed by atoms with E-state index in [1.54, 1.807) is 0 Å². The Kier molecular flexibility index (Phi) is 2.01. The van der Waals surface area contributed by atoms with Crippen molar-refractivity contribution in [1.29, 1.82) is 0 Å². The van der Waals surface area contributed by atoms with Crippen molar-refractivity contribution in [2.24, 2.45) is 0 Å². The maximum absolute atomic E-state index is 10.1.